The lowest BCUT2D eigenvalue weighted by Gasteiger charge is -2.30. The summed E-state index contributed by atoms with van der Waals surface area (Å²) in [5, 5.41) is 0. The fourth-order valence-electron chi connectivity index (χ4n) is 4.32. The summed E-state index contributed by atoms with van der Waals surface area (Å²) in [6.45, 7) is 5.91. The minimum atomic E-state index is -0.254. The van der Waals surface area contributed by atoms with E-state index in [1.165, 1.54) is 57.8 Å². The molecule has 1 N–H and O–H groups in total. The Hall–Kier alpha value is -0.160. The molecule has 0 aromatic heterocycles. The molecule has 0 aromatic rings. The van der Waals surface area contributed by atoms with E-state index in [1.54, 1.807) is 4.90 Å². The van der Waals surface area contributed by atoms with Crippen LogP contribution in [0, 0.1) is 0 Å². The van der Waals surface area contributed by atoms with Gasteiger partial charge in [0.05, 0.1) is 19.8 Å². The molecular formula is C19H36NO3+. The highest BCUT2D eigenvalue weighted by molar-refractivity contribution is 4.79. The zero-order chi connectivity index (χ0) is 15.8. The Morgan fingerprint density at radius 1 is 0.783 bits per heavy atom. The van der Waals surface area contributed by atoms with Crippen LogP contribution in [0.3, 0.4) is 0 Å². The van der Waals surface area contributed by atoms with Crippen LogP contribution in [0.5, 0.6) is 0 Å². The predicted molar refractivity (Wildman–Crippen MR) is 90.7 cm³/mol. The minimum Gasteiger partial charge on any atom is -0.370 e. The standard InChI is InChI=1S/C19H35NO3/c1-2-4-6-8-10-19(11-9-7-5-3-1)22-17-18(23-19)16-20-12-14-21-15-13-20/h18H,1-17H2/p+1/t18-/m0/s1. The molecule has 0 bridgehead atoms. The van der Waals surface area contributed by atoms with Gasteiger partial charge in [0, 0.05) is 12.8 Å². The van der Waals surface area contributed by atoms with Crippen LogP contribution in [0.15, 0.2) is 0 Å². The molecule has 1 saturated carbocycles. The minimum absolute atomic E-state index is 0.254. The number of morpholine rings is 1. The van der Waals surface area contributed by atoms with Crippen molar-refractivity contribution in [2.75, 3.05) is 39.5 Å². The van der Waals surface area contributed by atoms with Gasteiger partial charge in [0.1, 0.15) is 25.7 Å². The third-order valence-electron chi connectivity index (χ3n) is 5.75. The smallest absolute Gasteiger partial charge is 0.169 e. The Labute approximate surface area is 141 Å². The highest BCUT2D eigenvalue weighted by Gasteiger charge is 2.42. The van der Waals surface area contributed by atoms with Crippen LogP contribution >= 0.6 is 0 Å². The highest BCUT2D eigenvalue weighted by Crippen LogP contribution is 2.34. The van der Waals surface area contributed by atoms with E-state index < -0.39 is 0 Å². The number of quaternary nitrogens is 1. The van der Waals surface area contributed by atoms with Crippen LogP contribution in [-0.2, 0) is 14.2 Å². The van der Waals surface area contributed by atoms with Gasteiger partial charge in [-0.1, -0.05) is 44.9 Å². The van der Waals surface area contributed by atoms with Crippen molar-refractivity contribution in [3.8, 4) is 0 Å². The van der Waals surface area contributed by atoms with Crippen molar-refractivity contribution in [3.05, 3.63) is 0 Å². The molecule has 0 amide bonds. The third-order valence-corrected chi connectivity index (χ3v) is 5.75. The van der Waals surface area contributed by atoms with Crippen molar-refractivity contribution in [1.29, 1.82) is 0 Å². The predicted octanol–water partition coefficient (Wildman–Crippen LogP) is 2.32. The molecule has 3 rings (SSSR count). The van der Waals surface area contributed by atoms with Crippen LogP contribution in [0.4, 0.5) is 0 Å². The Balaban J connectivity index is 1.48. The van der Waals surface area contributed by atoms with Crippen LogP contribution in [0.1, 0.15) is 70.6 Å². The molecule has 4 nitrogen and oxygen atoms in total. The summed E-state index contributed by atoms with van der Waals surface area (Å²) in [7, 11) is 0. The fourth-order valence-corrected chi connectivity index (χ4v) is 4.32. The SMILES string of the molecule is C1CCCCCC2(CCCCC1)OC[C@H](C[NH+]1CCOCC1)O2. The van der Waals surface area contributed by atoms with Crippen molar-refractivity contribution in [3.63, 3.8) is 0 Å². The Bertz CT molecular complexity index is 319. The van der Waals surface area contributed by atoms with E-state index in [-0.39, 0.29) is 11.9 Å². The first-order valence-electron chi connectivity index (χ1n) is 10.1. The van der Waals surface area contributed by atoms with E-state index in [9.17, 15) is 0 Å². The second-order valence-corrected chi connectivity index (χ2v) is 7.71. The summed E-state index contributed by atoms with van der Waals surface area (Å²) in [6.07, 6.45) is 14.7. The molecule has 0 radical (unpaired) electrons. The topological polar surface area (TPSA) is 32.1 Å². The van der Waals surface area contributed by atoms with Crippen molar-refractivity contribution in [2.24, 2.45) is 0 Å². The summed E-state index contributed by atoms with van der Waals surface area (Å²) in [6, 6.07) is 0. The van der Waals surface area contributed by atoms with E-state index in [0.29, 0.717) is 0 Å². The average molecular weight is 327 g/mol. The number of nitrogens with one attached hydrogen (secondary N) is 1. The summed E-state index contributed by atoms with van der Waals surface area (Å²) in [5.41, 5.74) is 0. The third kappa shape index (κ3) is 5.70. The van der Waals surface area contributed by atoms with Gasteiger partial charge in [0.25, 0.3) is 0 Å². The fraction of sp³-hybridized carbons (Fsp3) is 1.00. The molecule has 4 heteroatoms. The first kappa shape index (κ1) is 17.7. The Kier molecular flexibility index (Phi) is 7.18. The first-order valence-corrected chi connectivity index (χ1v) is 10.1. The molecule has 1 spiro atoms. The van der Waals surface area contributed by atoms with E-state index >= 15 is 0 Å². The zero-order valence-electron chi connectivity index (χ0n) is 14.8. The van der Waals surface area contributed by atoms with Crippen LogP contribution < -0.4 is 4.90 Å². The Morgan fingerprint density at radius 2 is 1.35 bits per heavy atom. The van der Waals surface area contributed by atoms with Gasteiger partial charge in [-0.25, -0.2) is 0 Å². The lowest BCUT2D eigenvalue weighted by atomic mass is 9.97. The summed E-state index contributed by atoms with van der Waals surface area (Å²) < 4.78 is 18.2. The van der Waals surface area contributed by atoms with Crippen molar-refractivity contribution < 1.29 is 19.1 Å². The molecule has 134 valence electrons. The number of rotatable bonds is 2. The Morgan fingerprint density at radius 3 is 1.96 bits per heavy atom. The lowest BCUT2D eigenvalue weighted by Crippen LogP contribution is -3.15. The van der Waals surface area contributed by atoms with Gasteiger partial charge in [0.15, 0.2) is 5.79 Å². The van der Waals surface area contributed by atoms with E-state index in [1.807, 2.05) is 0 Å². The molecule has 3 fully saturated rings. The van der Waals surface area contributed by atoms with Crippen LogP contribution in [0.25, 0.3) is 0 Å². The second kappa shape index (κ2) is 9.36. The molecule has 0 unspecified atom stereocenters. The molecule has 2 heterocycles. The molecule has 23 heavy (non-hydrogen) atoms. The number of hydrogen-bond donors (Lipinski definition) is 1. The zero-order valence-corrected chi connectivity index (χ0v) is 14.8. The summed E-state index contributed by atoms with van der Waals surface area (Å²) in [4.78, 5) is 1.62. The van der Waals surface area contributed by atoms with Gasteiger partial charge in [-0.15, -0.1) is 0 Å². The molecule has 2 aliphatic heterocycles. The summed E-state index contributed by atoms with van der Waals surface area (Å²) in [5.74, 6) is -0.254. The normalized spacial score (nSPS) is 31.6. The second-order valence-electron chi connectivity index (χ2n) is 7.71. The van der Waals surface area contributed by atoms with Gasteiger partial charge >= 0.3 is 0 Å². The lowest BCUT2D eigenvalue weighted by molar-refractivity contribution is -0.910. The maximum Gasteiger partial charge on any atom is 0.169 e. The molecule has 2 saturated heterocycles. The van der Waals surface area contributed by atoms with E-state index in [2.05, 4.69) is 0 Å². The van der Waals surface area contributed by atoms with Gasteiger partial charge in [-0.3, -0.25) is 0 Å². The first-order chi connectivity index (χ1) is 11.4. The number of hydrogen-bond acceptors (Lipinski definition) is 3. The summed E-state index contributed by atoms with van der Waals surface area (Å²) >= 11 is 0. The monoisotopic (exact) mass is 326 g/mol. The molecule has 1 aliphatic carbocycles. The molecule has 0 aromatic carbocycles. The van der Waals surface area contributed by atoms with E-state index in [4.69, 9.17) is 14.2 Å². The van der Waals surface area contributed by atoms with Gasteiger partial charge in [0.2, 0.25) is 0 Å². The van der Waals surface area contributed by atoms with Gasteiger partial charge in [-0.05, 0) is 12.8 Å². The number of ether oxygens (including phenoxy) is 3. The quantitative estimate of drug-likeness (QED) is 0.845. The van der Waals surface area contributed by atoms with Gasteiger partial charge < -0.3 is 19.1 Å². The maximum atomic E-state index is 6.51. The largest absolute Gasteiger partial charge is 0.370 e. The molecule has 3 aliphatic rings. The highest BCUT2D eigenvalue weighted by atomic mass is 16.7. The molecule has 1 atom stereocenters. The van der Waals surface area contributed by atoms with Crippen LogP contribution in [0.2, 0.25) is 0 Å². The van der Waals surface area contributed by atoms with Crippen molar-refractivity contribution in [2.45, 2.75) is 82.5 Å². The van der Waals surface area contributed by atoms with Gasteiger partial charge in [-0.2, -0.15) is 0 Å². The van der Waals surface area contributed by atoms with Crippen LogP contribution in [-0.4, -0.2) is 51.3 Å². The average Bonchev–Trinajstić information content (AvgIpc) is 2.95. The molecular weight excluding hydrogens is 290 g/mol. The van der Waals surface area contributed by atoms with E-state index in [0.717, 1.165) is 52.3 Å². The van der Waals surface area contributed by atoms with Crippen molar-refractivity contribution >= 4 is 0 Å². The van der Waals surface area contributed by atoms with Crippen molar-refractivity contribution in [1.82, 2.24) is 0 Å². The maximum absolute atomic E-state index is 6.51.